The van der Waals surface area contributed by atoms with Crippen molar-refractivity contribution in [3.8, 4) is 17.1 Å². The summed E-state index contributed by atoms with van der Waals surface area (Å²) in [5.74, 6) is 3.51. The first kappa shape index (κ1) is 22.0. The van der Waals surface area contributed by atoms with E-state index >= 15 is 0 Å². The van der Waals surface area contributed by atoms with Crippen molar-refractivity contribution < 1.29 is 19.8 Å². The summed E-state index contributed by atoms with van der Waals surface area (Å²) < 4.78 is 1.51. The van der Waals surface area contributed by atoms with Crippen LogP contribution in [-0.4, -0.2) is 54.1 Å². The number of carboxylic acid groups (broad SMARTS) is 2. The molecule has 2 aromatic carbocycles. The molecule has 0 fully saturated rings. The predicted molar refractivity (Wildman–Crippen MR) is 124 cm³/mol. The molecule has 11 nitrogen and oxygen atoms in total. The summed E-state index contributed by atoms with van der Waals surface area (Å²) in [6, 6.07) is 17.5. The van der Waals surface area contributed by atoms with Crippen molar-refractivity contribution in [3.63, 3.8) is 0 Å². The molecule has 2 aromatic heterocycles. The highest BCUT2D eigenvalue weighted by atomic mass is 16.4. The van der Waals surface area contributed by atoms with Crippen molar-refractivity contribution in [2.45, 2.75) is 0 Å². The van der Waals surface area contributed by atoms with Crippen LogP contribution >= 0.6 is 0 Å². The van der Waals surface area contributed by atoms with Gasteiger partial charge >= 0.3 is 11.9 Å². The van der Waals surface area contributed by atoms with Gasteiger partial charge in [0.1, 0.15) is 11.4 Å². The minimum atomic E-state index is -1.02. The zero-order valence-corrected chi connectivity index (χ0v) is 17.5. The van der Waals surface area contributed by atoms with Crippen LogP contribution in [0.5, 0.6) is 0 Å². The molecule has 4 aromatic rings. The smallest absolute Gasteiger partial charge is 0.335 e. The van der Waals surface area contributed by atoms with E-state index in [1.807, 2.05) is 0 Å². The Hall–Kier alpha value is -5.19. The largest absolute Gasteiger partial charge is 0.478 e. The van der Waals surface area contributed by atoms with Gasteiger partial charge in [0.25, 0.3) is 0 Å². The topological polar surface area (TPSA) is 169 Å². The Morgan fingerprint density at radius 2 is 1.53 bits per heavy atom. The SMILES string of the molecule is NN=C(C=Nc1ccc(C(=O)O)cc1)c1cccc(-c2cn(-c3ccc(C(=O)O)cc3)nn2)n1. The average Bonchev–Trinajstić information content (AvgIpc) is 3.35. The van der Waals surface area contributed by atoms with E-state index in [9.17, 15) is 9.59 Å². The molecule has 0 amide bonds. The van der Waals surface area contributed by atoms with Gasteiger partial charge in [0.2, 0.25) is 0 Å². The number of nitrogens with zero attached hydrogens (tertiary/aromatic N) is 6. The quantitative estimate of drug-likeness (QED) is 0.217. The van der Waals surface area contributed by atoms with Crippen LogP contribution in [0, 0.1) is 0 Å². The zero-order chi connectivity index (χ0) is 24.1. The number of aromatic carboxylic acids is 2. The molecule has 4 N–H and O–H groups in total. The highest BCUT2D eigenvalue weighted by Crippen LogP contribution is 2.17. The van der Waals surface area contributed by atoms with Crippen LogP contribution in [0.15, 0.2) is 83.0 Å². The molecule has 0 saturated carbocycles. The van der Waals surface area contributed by atoms with Crippen LogP contribution in [0.1, 0.15) is 26.4 Å². The lowest BCUT2D eigenvalue weighted by Crippen LogP contribution is -2.08. The fourth-order valence-corrected chi connectivity index (χ4v) is 2.98. The lowest BCUT2D eigenvalue weighted by atomic mass is 10.2. The van der Waals surface area contributed by atoms with Gasteiger partial charge in [0.05, 0.1) is 46.3 Å². The van der Waals surface area contributed by atoms with Crippen LogP contribution in [0.2, 0.25) is 0 Å². The molecule has 4 rings (SSSR count). The maximum absolute atomic E-state index is 11.0. The lowest BCUT2D eigenvalue weighted by molar-refractivity contribution is 0.0686. The summed E-state index contributed by atoms with van der Waals surface area (Å²) in [6.45, 7) is 0. The van der Waals surface area contributed by atoms with Gasteiger partial charge in [-0.1, -0.05) is 11.3 Å². The molecular weight excluding hydrogens is 438 g/mol. The van der Waals surface area contributed by atoms with Crippen LogP contribution in [-0.2, 0) is 0 Å². The number of aromatic nitrogens is 4. The predicted octanol–water partition coefficient (Wildman–Crippen LogP) is 2.79. The highest BCUT2D eigenvalue weighted by Gasteiger charge is 2.11. The molecule has 0 bridgehead atoms. The molecule has 34 heavy (non-hydrogen) atoms. The summed E-state index contributed by atoms with van der Waals surface area (Å²) in [6.07, 6.45) is 3.10. The third kappa shape index (κ3) is 4.83. The molecule has 11 heteroatoms. The monoisotopic (exact) mass is 455 g/mol. The number of hydrazone groups is 1. The minimum Gasteiger partial charge on any atom is -0.478 e. The fourth-order valence-electron chi connectivity index (χ4n) is 2.98. The van der Waals surface area contributed by atoms with Crippen molar-refractivity contribution in [2.24, 2.45) is 15.9 Å². The summed E-state index contributed by atoms with van der Waals surface area (Å²) >= 11 is 0. The number of carbonyl (C=O) groups is 2. The van der Waals surface area contributed by atoms with Gasteiger partial charge in [0, 0.05) is 0 Å². The van der Waals surface area contributed by atoms with E-state index < -0.39 is 11.9 Å². The summed E-state index contributed by atoms with van der Waals surface area (Å²) in [5.41, 5.74) is 3.27. The van der Waals surface area contributed by atoms with Gasteiger partial charge in [-0.15, -0.1) is 5.10 Å². The fraction of sp³-hybridized carbons (Fsp3) is 0. The summed E-state index contributed by atoms with van der Waals surface area (Å²) in [4.78, 5) is 30.8. The molecule has 0 aliphatic heterocycles. The lowest BCUT2D eigenvalue weighted by Gasteiger charge is -2.02. The van der Waals surface area contributed by atoms with E-state index in [2.05, 4.69) is 25.4 Å². The number of pyridine rings is 1. The van der Waals surface area contributed by atoms with Crippen LogP contribution in [0.3, 0.4) is 0 Å². The van der Waals surface area contributed by atoms with E-state index in [0.29, 0.717) is 34.2 Å². The Balaban J connectivity index is 1.55. The molecule has 0 saturated heterocycles. The molecule has 168 valence electrons. The average molecular weight is 455 g/mol. The maximum Gasteiger partial charge on any atom is 0.335 e. The van der Waals surface area contributed by atoms with E-state index in [0.717, 1.165) is 0 Å². The Labute approximate surface area is 192 Å². The number of hydrogen-bond donors (Lipinski definition) is 3. The number of nitrogens with two attached hydrogens (primary N) is 1. The van der Waals surface area contributed by atoms with Crippen molar-refractivity contribution in [1.29, 1.82) is 0 Å². The van der Waals surface area contributed by atoms with Gasteiger partial charge in [-0.25, -0.2) is 19.3 Å². The first-order valence-corrected chi connectivity index (χ1v) is 9.84. The molecule has 0 spiro atoms. The van der Waals surface area contributed by atoms with Crippen molar-refractivity contribution in [3.05, 3.63) is 89.7 Å². The Kier molecular flexibility index (Phi) is 6.17. The molecule has 0 atom stereocenters. The van der Waals surface area contributed by atoms with Crippen LogP contribution < -0.4 is 5.84 Å². The first-order chi connectivity index (χ1) is 16.4. The number of aliphatic imine (C=N–C) groups is 1. The molecule has 2 heterocycles. The normalized spacial score (nSPS) is 11.6. The van der Waals surface area contributed by atoms with Crippen LogP contribution in [0.4, 0.5) is 5.69 Å². The van der Waals surface area contributed by atoms with Gasteiger partial charge in [0.15, 0.2) is 0 Å². The van der Waals surface area contributed by atoms with Crippen molar-refractivity contribution >= 4 is 29.6 Å². The van der Waals surface area contributed by atoms with E-state index in [1.54, 1.807) is 48.7 Å². The standard InChI is InChI=1S/C23H17N7O4/c24-27-20(12-25-16-8-4-14(5-9-16)22(31)32)18-2-1-3-19(26-18)21-13-30(29-28-21)17-10-6-15(7-11-17)23(33)34/h1-13H,24H2,(H,31,32)(H,33,34). The van der Waals surface area contributed by atoms with E-state index in [-0.39, 0.29) is 11.1 Å². The third-order valence-electron chi connectivity index (χ3n) is 4.74. The van der Waals surface area contributed by atoms with Crippen molar-refractivity contribution in [1.82, 2.24) is 20.0 Å². The molecule has 0 unspecified atom stereocenters. The van der Waals surface area contributed by atoms with Crippen molar-refractivity contribution in [2.75, 3.05) is 0 Å². The van der Waals surface area contributed by atoms with Gasteiger partial charge < -0.3 is 16.1 Å². The molecule has 0 aliphatic carbocycles. The molecular formula is C23H17N7O4. The Bertz CT molecular complexity index is 1410. The second-order valence-corrected chi connectivity index (χ2v) is 6.93. The van der Waals surface area contributed by atoms with Crippen LogP contribution in [0.25, 0.3) is 17.1 Å². The summed E-state index contributed by atoms with van der Waals surface area (Å²) in [7, 11) is 0. The second kappa shape index (κ2) is 9.53. The van der Waals surface area contributed by atoms with Gasteiger partial charge in [-0.3, -0.25) is 4.99 Å². The Morgan fingerprint density at radius 1 is 0.882 bits per heavy atom. The third-order valence-corrected chi connectivity index (χ3v) is 4.74. The Morgan fingerprint density at radius 3 is 2.15 bits per heavy atom. The van der Waals surface area contributed by atoms with E-state index in [4.69, 9.17) is 16.1 Å². The number of carboxylic acids is 2. The van der Waals surface area contributed by atoms with E-state index in [1.165, 1.54) is 35.2 Å². The van der Waals surface area contributed by atoms with Gasteiger partial charge in [-0.05, 0) is 60.7 Å². The molecule has 0 radical (unpaired) electrons. The number of benzene rings is 2. The summed E-state index contributed by atoms with van der Waals surface area (Å²) in [5, 5.41) is 30.0. The number of rotatable bonds is 7. The minimum absolute atomic E-state index is 0.159. The highest BCUT2D eigenvalue weighted by molar-refractivity contribution is 6.37. The molecule has 0 aliphatic rings. The second-order valence-electron chi connectivity index (χ2n) is 6.93. The number of hydrogen-bond acceptors (Lipinski definition) is 8. The van der Waals surface area contributed by atoms with Gasteiger partial charge in [-0.2, -0.15) is 5.10 Å². The maximum atomic E-state index is 11.0. The first-order valence-electron chi connectivity index (χ1n) is 9.84. The zero-order valence-electron chi connectivity index (χ0n) is 17.5.